The summed E-state index contributed by atoms with van der Waals surface area (Å²) in [4.78, 5) is 16.5. The van der Waals surface area contributed by atoms with Gasteiger partial charge in [-0.15, -0.1) is 0 Å². The Kier molecular flexibility index (Phi) is 5.45. The Hall–Kier alpha value is -3.28. The number of hydrogen-bond acceptors (Lipinski definition) is 6. The maximum Gasteiger partial charge on any atom is 0.363 e. The number of methoxy groups -OCH3 is 2. The van der Waals surface area contributed by atoms with Crippen molar-refractivity contribution in [3.8, 4) is 17.2 Å². The second-order valence-electron chi connectivity index (χ2n) is 6.17. The SMILES string of the molecule is COc1cc(C=C2N=C(c3ccc(OC(C)C)cc3)OC2=O)cc(OC)c1. The van der Waals surface area contributed by atoms with Crippen molar-refractivity contribution in [2.45, 2.75) is 20.0 Å². The van der Waals surface area contributed by atoms with E-state index in [2.05, 4.69) is 4.99 Å². The van der Waals surface area contributed by atoms with Crippen LogP contribution in [0.25, 0.3) is 6.08 Å². The maximum absolute atomic E-state index is 12.2. The number of benzene rings is 2. The van der Waals surface area contributed by atoms with Crippen molar-refractivity contribution in [1.82, 2.24) is 0 Å². The first kappa shape index (κ1) is 18.5. The standard InChI is InChI=1S/C21H21NO5/c1-13(2)26-16-7-5-15(6-8-16)20-22-19(21(23)27-20)11-14-9-17(24-3)12-18(10-14)25-4/h5-13H,1-4H3. The molecule has 0 fully saturated rings. The predicted octanol–water partition coefficient (Wildman–Crippen LogP) is 3.84. The second kappa shape index (κ2) is 7.95. The lowest BCUT2D eigenvalue weighted by molar-refractivity contribution is -0.129. The molecule has 0 aromatic heterocycles. The van der Waals surface area contributed by atoms with Crippen LogP contribution in [0.1, 0.15) is 25.0 Å². The molecule has 0 atom stereocenters. The van der Waals surface area contributed by atoms with Gasteiger partial charge >= 0.3 is 5.97 Å². The van der Waals surface area contributed by atoms with Crippen LogP contribution in [0.4, 0.5) is 0 Å². The number of carbonyl (C=O) groups is 1. The smallest absolute Gasteiger partial charge is 0.363 e. The molecule has 3 rings (SSSR count). The first-order valence-corrected chi connectivity index (χ1v) is 8.51. The zero-order chi connectivity index (χ0) is 19.4. The summed E-state index contributed by atoms with van der Waals surface area (Å²) in [5, 5.41) is 0. The monoisotopic (exact) mass is 367 g/mol. The number of aliphatic imine (C=N–C) groups is 1. The van der Waals surface area contributed by atoms with Crippen LogP contribution < -0.4 is 14.2 Å². The van der Waals surface area contributed by atoms with E-state index < -0.39 is 5.97 Å². The summed E-state index contributed by atoms with van der Waals surface area (Å²) in [7, 11) is 3.14. The van der Waals surface area contributed by atoms with Gasteiger partial charge in [-0.3, -0.25) is 0 Å². The minimum absolute atomic E-state index is 0.0897. The number of nitrogens with zero attached hydrogens (tertiary/aromatic N) is 1. The van der Waals surface area contributed by atoms with Gasteiger partial charge in [-0.1, -0.05) is 0 Å². The van der Waals surface area contributed by atoms with Crippen LogP contribution in [0.2, 0.25) is 0 Å². The summed E-state index contributed by atoms with van der Waals surface area (Å²) in [5.74, 6) is 1.75. The van der Waals surface area contributed by atoms with Crippen LogP contribution in [-0.4, -0.2) is 32.2 Å². The zero-order valence-corrected chi connectivity index (χ0v) is 15.7. The Morgan fingerprint density at radius 3 is 2.15 bits per heavy atom. The lowest BCUT2D eigenvalue weighted by Crippen LogP contribution is -2.07. The molecule has 6 heteroatoms. The number of cyclic esters (lactones) is 1. The van der Waals surface area contributed by atoms with E-state index in [1.165, 1.54) is 0 Å². The number of esters is 1. The van der Waals surface area contributed by atoms with E-state index in [0.717, 1.165) is 11.3 Å². The van der Waals surface area contributed by atoms with Gasteiger partial charge in [-0.25, -0.2) is 9.79 Å². The van der Waals surface area contributed by atoms with Gasteiger partial charge in [-0.05, 0) is 61.9 Å². The quantitative estimate of drug-likeness (QED) is 0.573. The van der Waals surface area contributed by atoms with Gasteiger partial charge in [0.15, 0.2) is 5.70 Å². The van der Waals surface area contributed by atoms with Crippen LogP contribution in [0.3, 0.4) is 0 Å². The largest absolute Gasteiger partial charge is 0.497 e. The highest BCUT2D eigenvalue weighted by Crippen LogP contribution is 2.26. The fourth-order valence-electron chi connectivity index (χ4n) is 2.55. The van der Waals surface area contributed by atoms with Crippen LogP contribution in [0, 0.1) is 0 Å². The van der Waals surface area contributed by atoms with Crippen molar-refractivity contribution in [2.75, 3.05) is 14.2 Å². The molecule has 0 N–H and O–H groups in total. The molecule has 1 heterocycles. The fourth-order valence-corrected chi connectivity index (χ4v) is 2.55. The van der Waals surface area contributed by atoms with Gasteiger partial charge in [0.2, 0.25) is 5.90 Å². The molecule has 0 radical (unpaired) electrons. The molecule has 0 saturated carbocycles. The minimum Gasteiger partial charge on any atom is -0.497 e. The van der Waals surface area contributed by atoms with Gasteiger partial charge in [-0.2, -0.15) is 0 Å². The molecular weight excluding hydrogens is 346 g/mol. The van der Waals surface area contributed by atoms with Crippen LogP contribution in [0.5, 0.6) is 17.2 Å². The van der Waals surface area contributed by atoms with Crippen LogP contribution in [-0.2, 0) is 9.53 Å². The molecule has 1 aliphatic rings. The third-order valence-corrected chi connectivity index (χ3v) is 3.77. The average molecular weight is 367 g/mol. The van der Waals surface area contributed by atoms with Gasteiger partial charge in [0.1, 0.15) is 17.2 Å². The highest BCUT2D eigenvalue weighted by Gasteiger charge is 2.24. The lowest BCUT2D eigenvalue weighted by atomic mass is 10.1. The van der Waals surface area contributed by atoms with Crippen molar-refractivity contribution in [3.63, 3.8) is 0 Å². The molecule has 1 aliphatic heterocycles. The van der Waals surface area contributed by atoms with E-state index >= 15 is 0 Å². The number of rotatable bonds is 6. The molecule has 6 nitrogen and oxygen atoms in total. The van der Waals surface area contributed by atoms with Crippen molar-refractivity contribution < 1.29 is 23.7 Å². The summed E-state index contributed by atoms with van der Waals surface area (Å²) in [6.07, 6.45) is 1.73. The normalized spacial score (nSPS) is 14.9. The summed E-state index contributed by atoms with van der Waals surface area (Å²) in [5.41, 5.74) is 1.64. The first-order valence-electron chi connectivity index (χ1n) is 8.51. The Bertz CT molecular complexity index is 875. The van der Waals surface area contributed by atoms with Crippen molar-refractivity contribution in [3.05, 3.63) is 59.3 Å². The molecule has 2 aromatic carbocycles. The molecule has 140 valence electrons. The molecule has 0 aliphatic carbocycles. The molecule has 0 amide bonds. The summed E-state index contributed by atoms with van der Waals surface area (Å²) in [6, 6.07) is 12.6. The zero-order valence-electron chi connectivity index (χ0n) is 15.7. The predicted molar refractivity (Wildman–Crippen MR) is 102 cm³/mol. The molecule has 0 saturated heterocycles. The fraction of sp³-hybridized carbons (Fsp3) is 0.238. The number of carbonyl (C=O) groups excluding carboxylic acids is 1. The third-order valence-electron chi connectivity index (χ3n) is 3.77. The van der Waals surface area contributed by atoms with Gasteiger partial charge < -0.3 is 18.9 Å². The molecule has 0 spiro atoms. The van der Waals surface area contributed by atoms with E-state index in [9.17, 15) is 4.79 Å². The van der Waals surface area contributed by atoms with Gasteiger partial charge in [0.05, 0.1) is 20.3 Å². The minimum atomic E-state index is -0.505. The maximum atomic E-state index is 12.2. The van der Waals surface area contributed by atoms with E-state index in [0.29, 0.717) is 17.1 Å². The van der Waals surface area contributed by atoms with Crippen LogP contribution >= 0.6 is 0 Å². The first-order chi connectivity index (χ1) is 13.0. The van der Waals surface area contributed by atoms with Crippen molar-refractivity contribution >= 4 is 17.9 Å². The Labute approximate surface area is 158 Å². The topological polar surface area (TPSA) is 66.3 Å². The third kappa shape index (κ3) is 4.47. The highest BCUT2D eigenvalue weighted by atomic mass is 16.6. The Morgan fingerprint density at radius 2 is 1.59 bits per heavy atom. The molecular formula is C21H21NO5. The van der Waals surface area contributed by atoms with Gasteiger partial charge in [0, 0.05) is 11.6 Å². The van der Waals surface area contributed by atoms with E-state index in [1.807, 2.05) is 26.0 Å². The summed E-state index contributed by atoms with van der Waals surface area (Å²) < 4.78 is 21.4. The van der Waals surface area contributed by atoms with E-state index in [1.54, 1.807) is 50.6 Å². The second-order valence-corrected chi connectivity index (χ2v) is 6.17. The average Bonchev–Trinajstić information content (AvgIpc) is 3.02. The molecule has 0 unspecified atom stereocenters. The highest BCUT2D eigenvalue weighted by molar-refractivity contribution is 6.12. The van der Waals surface area contributed by atoms with Crippen LogP contribution in [0.15, 0.2) is 53.2 Å². The summed E-state index contributed by atoms with van der Waals surface area (Å²) in [6.45, 7) is 3.92. The van der Waals surface area contributed by atoms with Gasteiger partial charge in [0.25, 0.3) is 0 Å². The molecule has 2 aromatic rings. The molecule has 27 heavy (non-hydrogen) atoms. The lowest BCUT2D eigenvalue weighted by Gasteiger charge is -2.09. The van der Waals surface area contributed by atoms with Crippen molar-refractivity contribution in [2.24, 2.45) is 4.99 Å². The van der Waals surface area contributed by atoms with Crippen molar-refractivity contribution in [1.29, 1.82) is 0 Å². The Balaban J connectivity index is 1.87. The number of hydrogen-bond donors (Lipinski definition) is 0. The molecule has 0 bridgehead atoms. The summed E-state index contributed by atoms with van der Waals surface area (Å²) >= 11 is 0. The van der Waals surface area contributed by atoms with E-state index in [4.69, 9.17) is 18.9 Å². The Morgan fingerprint density at radius 1 is 0.963 bits per heavy atom. The van der Waals surface area contributed by atoms with E-state index in [-0.39, 0.29) is 17.7 Å². The number of ether oxygens (including phenoxy) is 4.